The SMILES string of the molecule is CC(C)C(N)CCN(C)C(=O)CN1C(=O)NC(=O)C1(C)C.Cl. The van der Waals surface area contributed by atoms with E-state index in [0.29, 0.717) is 18.9 Å². The van der Waals surface area contributed by atoms with Crippen LogP contribution in [0.4, 0.5) is 4.79 Å². The van der Waals surface area contributed by atoms with Crippen LogP contribution in [0.25, 0.3) is 0 Å². The van der Waals surface area contributed by atoms with Gasteiger partial charge >= 0.3 is 6.03 Å². The number of imide groups is 1. The number of hydrogen-bond acceptors (Lipinski definition) is 4. The summed E-state index contributed by atoms with van der Waals surface area (Å²) in [4.78, 5) is 38.3. The summed E-state index contributed by atoms with van der Waals surface area (Å²) in [5, 5.41) is 2.22. The molecule has 0 radical (unpaired) electrons. The number of carbonyl (C=O) groups excluding carboxylic acids is 3. The summed E-state index contributed by atoms with van der Waals surface area (Å²) in [6.07, 6.45) is 0.703. The Labute approximate surface area is 138 Å². The Morgan fingerprint density at radius 1 is 1.36 bits per heavy atom. The first-order valence-electron chi connectivity index (χ1n) is 7.20. The van der Waals surface area contributed by atoms with Crippen molar-refractivity contribution in [1.29, 1.82) is 0 Å². The normalized spacial score (nSPS) is 18.0. The zero-order valence-electron chi connectivity index (χ0n) is 13.9. The van der Waals surface area contributed by atoms with Crippen molar-refractivity contribution in [1.82, 2.24) is 15.1 Å². The minimum Gasteiger partial charge on any atom is -0.344 e. The zero-order valence-corrected chi connectivity index (χ0v) is 14.7. The van der Waals surface area contributed by atoms with Crippen LogP contribution in [0, 0.1) is 5.92 Å². The van der Waals surface area contributed by atoms with Gasteiger partial charge in [-0.2, -0.15) is 0 Å². The lowest BCUT2D eigenvalue weighted by molar-refractivity contribution is -0.132. The molecule has 0 aromatic heterocycles. The predicted octanol–water partition coefficient (Wildman–Crippen LogP) is 0.570. The van der Waals surface area contributed by atoms with Crippen LogP contribution < -0.4 is 11.1 Å². The van der Waals surface area contributed by atoms with E-state index in [1.165, 1.54) is 4.90 Å². The summed E-state index contributed by atoms with van der Waals surface area (Å²) in [7, 11) is 1.68. The number of carbonyl (C=O) groups is 3. The molecule has 8 heteroatoms. The first kappa shape index (κ1) is 20.7. The van der Waals surface area contributed by atoms with Crippen LogP contribution in [0.2, 0.25) is 0 Å². The second-order valence-corrected chi connectivity index (χ2v) is 6.42. The second-order valence-electron chi connectivity index (χ2n) is 6.42. The summed E-state index contributed by atoms with van der Waals surface area (Å²) in [5.41, 5.74) is 4.96. The van der Waals surface area contributed by atoms with E-state index in [1.807, 2.05) is 13.8 Å². The number of likely N-dealkylation sites (N-methyl/N-ethyl adjacent to an activating group) is 1. The largest absolute Gasteiger partial charge is 0.344 e. The Kier molecular flexibility index (Phi) is 7.31. The molecule has 0 aliphatic carbocycles. The van der Waals surface area contributed by atoms with E-state index >= 15 is 0 Å². The summed E-state index contributed by atoms with van der Waals surface area (Å²) in [6, 6.07) is -0.487. The van der Waals surface area contributed by atoms with Gasteiger partial charge in [0, 0.05) is 19.6 Å². The van der Waals surface area contributed by atoms with Gasteiger partial charge in [0.05, 0.1) is 0 Å². The molecule has 1 rings (SSSR count). The molecule has 1 heterocycles. The van der Waals surface area contributed by atoms with Crippen LogP contribution >= 0.6 is 12.4 Å². The molecule has 1 fully saturated rings. The molecule has 1 saturated heterocycles. The third kappa shape index (κ3) is 4.58. The standard InChI is InChI=1S/C14H26N4O3.ClH/c1-9(2)10(15)6-7-17(5)11(19)8-18-13(21)16-12(20)14(18,3)4;/h9-10H,6-8,15H2,1-5H3,(H,16,20,21);1H. The van der Waals surface area contributed by atoms with Crippen LogP contribution in [-0.2, 0) is 9.59 Å². The van der Waals surface area contributed by atoms with Gasteiger partial charge < -0.3 is 15.5 Å². The van der Waals surface area contributed by atoms with E-state index in [-0.39, 0.29) is 36.8 Å². The molecule has 0 aromatic carbocycles. The lowest BCUT2D eigenvalue weighted by Gasteiger charge is -2.29. The van der Waals surface area contributed by atoms with Crippen molar-refractivity contribution in [3.8, 4) is 0 Å². The van der Waals surface area contributed by atoms with Gasteiger partial charge in [-0.3, -0.25) is 14.9 Å². The molecule has 7 nitrogen and oxygen atoms in total. The highest BCUT2D eigenvalue weighted by Crippen LogP contribution is 2.20. The quantitative estimate of drug-likeness (QED) is 0.694. The van der Waals surface area contributed by atoms with Gasteiger partial charge in [0.1, 0.15) is 12.1 Å². The summed E-state index contributed by atoms with van der Waals surface area (Å²) in [6.45, 7) is 7.73. The molecule has 3 N–H and O–H groups in total. The molecule has 22 heavy (non-hydrogen) atoms. The highest BCUT2D eigenvalue weighted by atomic mass is 35.5. The second kappa shape index (κ2) is 7.78. The molecule has 0 aromatic rings. The van der Waals surface area contributed by atoms with Crippen LogP contribution in [0.1, 0.15) is 34.1 Å². The minimum atomic E-state index is -0.998. The van der Waals surface area contributed by atoms with E-state index in [4.69, 9.17) is 5.73 Å². The molecule has 0 bridgehead atoms. The number of urea groups is 1. The number of rotatable bonds is 6. The average molecular weight is 335 g/mol. The molecular weight excluding hydrogens is 308 g/mol. The van der Waals surface area contributed by atoms with Gasteiger partial charge in [-0.15, -0.1) is 12.4 Å². The Balaban J connectivity index is 0.00000441. The highest BCUT2D eigenvalue weighted by Gasteiger charge is 2.46. The minimum absolute atomic E-state index is 0. The number of nitrogens with two attached hydrogens (primary N) is 1. The summed E-state index contributed by atoms with van der Waals surface area (Å²) >= 11 is 0. The summed E-state index contributed by atoms with van der Waals surface area (Å²) < 4.78 is 0. The molecule has 1 aliphatic heterocycles. The van der Waals surface area contributed by atoms with Crippen LogP contribution in [0.15, 0.2) is 0 Å². The number of amides is 4. The molecular formula is C14H27ClN4O3. The smallest absolute Gasteiger partial charge is 0.325 e. The molecule has 0 spiro atoms. The maximum absolute atomic E-state index is 12.2. The zero-order chi connectivity index (χ0) is 16.4. The van der Waals surface area contributed by atoms with E-state index < -0.39 is 11.6 Å². The maximum Gasteiger partial charge on any atom is 0.325 e. The fourth-order valence-corrected chi connectivity index (χ4v) is 2.02. The van der Waals surface area contributed by atoms with Crippen molar-refractivity contribution in [2.45, 2.75) is 45.7 Å². The maximum atomic E-state index is 12.2. The molecule has 1 unspecified atom stereocenters. The van der Waals surface area contributed by atoms with E-state index in [1.54, 1.807) is 25.8 Å². The Bertz CT molecular complexity index is 440. The van der Waals surface area contributed by atoms with Crippen molar-refractivity contribution in [2.75, 3.05) is 20.1 Å². The van der Waals surface area contributed by atoms with Gasteiger partial charge in [-0.25, -0.2) is 4.79 Å². The van der Waals surface area contributed by atoms with Crippen molar-refractivity contribution < 1.29 is 14.4 Å². The number of nitrogens with zero attached hydrogens (tertiary/aromatic N) is 2. The fourth-order valence-electron chi connectivity index (χ4n) is 2.02. The van der Waals surface area contributed by atoms with Crippen LogP contribution in [0.5, 0.6) is 0 Å². The monoisotopic (exact) mass is 334 g/mol. The Morgan fingerprint density at radius 2 is 1.91 bits per heavy atom. The van der Waals surface area contributed by atoms with Gasteiger partial charge in [-0.1, -0.05) is 13.8 Å². The molecule has 1 atom stereocenters. The average Bonchev–Trinajstić information content (AvgIpc) is 2.57. The highest BCUT2D eigenvalue weighted by molar-refractivity contribution is 6.07. The first-order chi connectivity index (χ1) is 9.57. The molecule has 1 aliphatic rings. The van der Waals surface area contributed by atoms with Crippen molar-refractivity contribution >= 4 is 30.3 Å². The van der Waals surface area contributed by atoms with Gasteiger partial charge in [0.15, 0.2) is 0 Å². The summed E-state index contributed by atoms with van der Waals surface area (Å²) in [5.74, 6) is -0.233. The molecule has 128 valence electrons. The lowest BCUT2D eigenvalue weighted by atomic mass is 10.0. The van der Waals surface area contributed by atoms with Crippen LogP contribution in [0.3, 0.4) is 0 Å². The predicted molar refractivity (Wildman–Crippen MR) is 86.6 cm³/mol. The fraction of sp³-hybridized carbons (Fsp3) is 0.786. The van der Waals surface area contributed by atoms with Crippen molar-refractivity contribution in [3.05, 3.63) is 0 Å². The van der Waals surface area contributed by atoms with Crippen molar-refractivity contribution in [2.24, 2.45) is 11.7 Å². The van der Waals surface area contributed by atoms with Crippen LogP contribution in [-0.4, -0.2) is 59.4 Å². The topological polar surface area (TPSA) is 95.7 Å². The number of nitrogens with one attached hydrogen (secondary N) is 1. The third-order valence-electron chi connectivity index (χ3n) is 4.07. The Hall–Kier alpha value is -1.34. The lowest BCUT2D eigenvalue weighted by Crippen LogP contribution is -2.49. The number of halogens is 1. The van der Waals surface area contributed by atoms with Gasteiger partial charge in [0.2, 0.25) is 5.91 Å². The van der Waals surface area contributed by atoms with E-state index in [9.17, 15) is 14.4 Å². The third-order valence-corrected chi connectivity index (χ3v) is 4.07. The molecule has 0 saturated carbocycles. The molecule has 4 amide bonds. The van der Waals surface area contributed by atoms with Gasteiger partial charge in [-0.05, 0) is 26.2 Å². The van der Waals surface area contributed by atoms with Crippen molar-refractivity contribution in [3.63, 3.8) is 0 Å². The van der Waals surface area contributed by atoms with E-state index in [2.05, 4.69) is 5.32 Å². The first-order valence-corrected chi connectivity index (χ1v) is 7.20. The van der Waals surface area contributed by atoms with Gasteiger partial charge in [0.25, 0.3) is 5.91 Å². The van der Waals surface area contributed by atoms with E-state index in [0.717, 1.165) is 0 Å². The Morgan fingerprint density at radius 3 is 2.32 bits per heavy atom. The number of hydrogen-bond donors (Lipinski definition) is 2.